The zero-order chi connectivity index (χ0) is 21.7. The summed E-state index contributed by atoms with van der Waals surface area (Å²) in [4.78, 5) is 24.6. The van der Waals surface area contributed by atoms with E-state index >= 15 is 0 Å². The smallest absolute Gasteiger partial charge is 0.358 e. The van der Waals surface area contributed by atoms with E-state index in [9.17, 15) is 9.59 Å². The van der Waals surface area contributed by atoms with E-state index < -0.39 is 5.97 Å². The largest absolute Gasteiger partial charge is 0.461 e. The monoisotopic (exact) mass is 405 g/mol. The van der Waals surface area contributed by atoms with Gasteiger partial charge in [0.25, 0.3) is 5.91 Å². The lowest BCUT2D eigenvalue weighted by molar-refractivity contribution is 0.0519. The molecular weight excluding hydrogens is 378 g/mol. The topological polar surface area (TPSA) is 73.2 Å². The number of hydrogen-bond donors (Lipinski definition) is 1. The van der Waals surface area contributed by atoms with Crippen molar-refractivity contribution in [1.82, 2.24) is 15.1 Å². The van der Waals surface area contributed by atoms with Crippen LogP contribution >= 0.6 is 0 Å². The fourth-order valence-electron chi connectivity index (χ4n) is 3.09. The Labute approximate surface area is 176 Å². The molecule has 0 fully saturated rings. The van der Waals surface area contributed by atoms with Crippen molar-refractivity contribution in [2.24, 2.45) is 5.92 Å². The van der Waals surface area contributed by atoms with Crippen LogP contribution in [0.3, 0.4) is 0 Å². The lowest BCUT2D eigenvalue weighted by Crippen LogP contribution is -2.27. The molecule has 1 N–H and O–H groups in total. The van der Waals surface area contributed by atoms with E-state index in [1.807, 2.05) is 43.3 Å². The molecule has 0 aliphatic carbocycles. The van der Waals surface area contributed by atoms with Crippen molar-refractivity contribution in [2.45, 2.75) is 27.7 Å². The first kappa shape index (κ1) is 21.3. The highest BCUT2D eigenvalue weighted by Gasteiger charge is 2.19. The Bertz CT molecular complexity index is 1040. The van der Waals surface area contributed by atoms with Crippen molar-refractivity contribution >= 4 is 11.9 Å². The number of ether oxygens (including phenoxy) is 1. The first-order valence-electron chi connectivity index (χ1n) is 10.1. The number of aromatic nitrogens is 2. The quantitative estimate of drug-likeness (QED) is 0.591. The number of rotatable bonds is 7. The van der Waals surface area contributed by atoms with Gasteiger partial charge in [-0.1, -0.05) is 38.1 Å². The zero-order valence-electron chi connectivity index (χ0n) is 17.8. The van der Waals surface area contributed by atoms with Gasteiger partial charge >= 0.3 is 5.97 Å². The van der Waals surface area contributed by atoms with Crippen molar-refractivity contribution in [3.05, 3.63) is 71.4 Å². The van der Waals surface area contributed by atoms with Gasteiger partial charge in [0.05, 0.1) is 18.0 Å². The third-order valence-corrected chi connectivity index (χ3v) is 4.66. The number of nitrogens with zero attached hydrogens (tertiary/aromatic N) is 2. The summed E-state index contributed by atoms with van der Waals surface area (Å²) in [6.45, 7) is 8.79. The summed E-state index contributed by atoms with van der Waals surface area (Å²) in [7, 11) is 0. The maximum Gasteiger partial charge on any atom is 0.358 e. The minimum absolute atomic E-state index is 0.109. The summed E-state index contributed by atoms with van der Waals surface area (Å²) in [6.07, 6.45) is 0. The summed E-state index contributed by atoms with van der Waals surface area (Å²) in [5.74, 6) is -0.187. The number of benzene rings is 2. The number of carbonyl (C=O) groups excluding carboxylic acids is 2. The SMILES string of the molecule is CCOC(=O)c1cc(-c2ccccc2C)n(-c2ccc(C(=O)NCC(C)C)cc2)n1. The summed E-state index contributed by atoms with van der Waals surface area (Å²) in [5.41, 5.74) is 4.40. The van der Waals surface area contributed by atoms with Gasteiger partial charge in [-0.3, -0.25) is 4.79 Å². The zero-order valence-corrected chi connectivity index (χ0v) is 17.8. The van der Waals surface area contributed by atoms with Crippen molar-refractivity contribution in [2.75, 3.05) is 13.2 Å². The van der Waals surface area contributed by atoms with Gasteiger partial charge in [-0.15, -0.1) is 0 Å². The highest BCUT2D eigenvalue weighted by molar-refractivity contribution is 5.94. The molecule has 0 saturated heterocycles. The lowest BCUT2D eigenvalue weighted by Gasteiger charge is -2.11. The number of carbonyl (C=O) groups is 2. The Morgan fingerprint density at radius 1 is 1.10 bits per heavy atom. The van der Waals surface area contributed by atoms with Crippen LogP contribution in [0.2, 0.25) is 0 Å². The van der Waals surface area contributed by atoms with Crippen molar-refractivity contribution in [1.29, 1.82) is 0 Å². The molecule has 30 heavy (non-hydrogen) atoms. The molecule has 0 radical (unpaired) electrons. The van der Waals surface area contributed by atoms with Gasteiger partial charge in [0.2, 0.25) is 0 Å². The molecule has 6 heteroatoms. The lowest BCUT2D eigenvalue weighted by atomic mass is 10.1. The van der Waals surface area contributed by atoms with Crippen LogP contribution in [0.4, 0.5) is 0 Å². The molecule has 156 valence electrons. The molecule has 1 heterocycles. The molecule has 0 atom stereocenters. The molecule has 6 nitrogen and oxygen atoms in total. The van der Waals surface area contributed by atoms with Crippen molar-refractivity contribution < 1.29 is 14.3 Å². The van der Waals surface area contributed by atoms with E-state index in [0.29, 0.717) is 18.0 Å². The second-order valence-corrected chi connectivity index (χ2v) is 7.51. The third-order valence-electron chi connectivity index (χ3n) is 4.66. The van der Waals surface area contributed by atoms with E-state index in [2.05, 4.69) is 24.3 Å². The van der Waals surface area contributed by atoms with Crippen molar-refractivity contribution in [3.63, 3.8) is 0 Å². The van der Waals surface area contributed by atoms with Gasteiger partial charge in [-0.25, -0.2) is 9.48 Å². The van der Waals surface area contributed by atoms with Crippen LogP contribution in [0.15, 0.2) is 54.6 Å². The van der Waals surface area contributed by atoms with Gasteiger partial charge in [0.15, 0.2) is 5.69 Å². The highest BCUT2D eigenvalue weighted by Crippen LogP contribution is 2.27. The molecule has 2 aromatic carbocycles. The van der Waals surface area contributed by atoms with Crippen LogP contribution in [0.1, 0.15) is 47.2 Å². The molecule has 0 saturated carbocycles. The molecule has 1 amide bonds. The summed E-state index contributed by atoms with van der Waals surface area (Å²) >= 11 is 0. The first-order valence-corrected chi connectivity index (χ1v) is 10.1. The minimum Gasteiger partial charge on any atom is -0.461 e. The molecule has 0 spiro atoms. The van der Waals surface area contributed by atoms with E-state index in [1.54, 1.807) is 29.8 Å². The second-order valence-electron chi connectivity index (χ2n) is 7.51. The Morgan fingerprint density at radius 3 is 2.43 bits per heavy atom. The molecule has 3 aromatic rings. The average molecular weight is 405 g/mol. The van der Waals surface area contributed by atoms with Crippen LogP contribution in [0.25, 0.3) is 16.9 Å². The van der Waals surface area contributed by atoms with Crippen LogP contribution in [-0.4, -0.2) is 34.8 Å². The molecule has 0 unspecified atom stereocenters. The number of nitrogens with one attached hydrogen (secondary N) is 1. The van der Waals surface area contributed by atoms with E-state index in [4.69, 9.17) is 4.74 Å². The Kier molecular flexibility index (Phi) is 6.67. The van der Waals surface area contributed by atoms with E-state index in [-0.39, 0.29) is 18.2 Å². The Balaban J connectivity index is 1.99. The number of esters is 1. The number of aryl methyl sites for hydroxylation is 1. The number of amides is 1. The maximum atomic E-state index is 12.3. The third kappa shape index (κ3) is 4.76. The van der Waals surface area contributed by atoms with Crippen molar-refractivity contribution in [3.8, 4) is 16.9 Å². The summed E-state index contributed by atoms with van der Waals surface area (Å²) < 4.78 is 6.84. The van der Waals surface area contributed by atoms with Gasteiger partial charge in [-0.2, -0.15) is 5.10 Å². The van der Waals surface area contributed by atoms with Gasteiger partial charge in [0.1, 0.15) is 0 Å². The fraction of sp³-hybridized carbons (Fsp3) is 0.292. The molecule has 0 bridgehead atoms. The van der Waals surface area contributed by atoms with Gasteiger partial charge in [0, 0.05) is 17.7 Å². The second kappa shape index (κ2) is 9.39. The fourth-order valence-corrected chi connectivity index (χ4v) is 3.09. The van der Waals surface area contributed by atoms with E-state index in [0.717, 1.165) is 22.5 Å². The Hall–Kier alpha value is -3.41. The van der Waals surface area contributed by atoms with Crippen LogP contribution < -0.4 is 5.32 Å². The molecule has 0 aliphatic rings. The highest BCUT2D eigenvalue weighted by atomic mass is 16.5. The molecule has 3 rings (SSSR count). The van der Waals surface area contributed by atoms with E-state index in [1.165, 1.54) is 0 Å². The summed E-state index contributed by atoms with van der Waals surface area (Å²) in [5, 5.41) is 7.40. The molecule has 0 aliphatic heterocycles. The molecular formula is C24H27N3O3. The van der Waals surface area contributed by atoms with Crippen LogP contribution in [0.5, 0.6) is 0 Å². The standard InChI is InChI=1S/C24H27N3O3/c1-5-30-24(29)21-14-22(20-9-7-6-8-17(20)4)27(26-21)19-12-10-18(11-13-19)23(28)25-15-16(2)3/h6-14,16H,5,15H2,1-4H3,(H,25,28). The van der Waals surface area contributed by atoms with Gasteiger partial charge < -0.3 is 10.1 Å². The summed E-state index contributed by atoms with van der Waals surface area (Å²) in [6, 6.07) is 16.8. The normalized spacial score (nSPS) is 10.8. The first-order chi connectivity index (χ1) is 14.4. The predicted molar refractivity (Wildman–Crippen MR) is 117 cm³/mol. The Morgan fingerprint density at radius 2 is 1.80 bits per heavy atom. The minimum atomic E-state index is -0.462. The predicted octanol–water partition coefficient (Wildman–Crippen LogP) is 4.41. The van der Waals surface area contributed by atoms with Gasteiger partial charge in [-0.05, 0) is 55.7 Å². The molecule has 1 aromatic heterocycles. The number of hydrogen-bond acceptors (Lipinski definition) is 4. The maximum absolute atomic E-state index is 12.3. The van der Waals surface area contributed by atoms with Crippen LogP contribution in [-0.2, 0) is 4.74 Å². The van der Waals surface area contributed by atoms with Crippen LogP contribution in [0, 0.1) is 12.8 Å². The average Bonchev–Trinajstić information content (AvgIpc) is 3.18.